The molecule has 100 valence electrons. The lowest BCUT2D eigenvalue weighted by Gasteiger charge is -2.09. The first-order valence-electron chi connectivity index (χ1n) is 6.29. The van der Waals surface area contributed by atoms with Gasteiger partial charge >= 0.3 is 0 Å². The van der Waals surface area contributed by atoms with Crippen LogP contribution in [0.4, 0.5) is 0 Å². The SMILES string of the molecule is COc1ccc2cccc(CCCNC(N)=S)c2c1. The maximum absolute atomic E-state index is 5.40. The van der Waals surface area contributed by atoms with Crippen LogP contribution >= 0.6 is 12.2 Å². The molecule has 0 amide bonds. The largest absolute Gasteiger partial charge is 0.497 e. The average molecular weight is 274 g/mol. The highest BCUT2D eigenvalue weighted by molar-refractivity contribution is 7.80. The smallest absolute Gasteiger partial charge is 0.163 e. The average Bonchev–Trinajstić information content (AvgIpc) is 2.43. The maximum atomic E-state index is 5.40. The number of ether oxygens (including phenoxy) is 1. The molecule has 2 aromatic carbocycles. The van der Waals surface area contributed by atoms with E-state index in [1.54, 1.807) is 7.11 Å². The molecular formula is C15H18N2OS. The maximum Gasteiger partial charge on any atom is 0.163 e. The quantitative estimate of drug-likeness (QED) is 0.650. The van der Waals surface area contributed by atoms with E-state index >= 15 is 0 Å². The van der Waals surface area contributed by atoms with E-state index in [0.717, 1.165) is 25.1 Å². The Hall–Kier alpha value is -1.81. The Kier molecular flexibility index (Phi) is 4.58. The predicted molar refractivity (Wildman–Crippen MR) is 83.6 cm³/mol. The number of rotatable bonds is 5. The molecule has 4 heteroatoms. The van der Waals surface area contributed by atoms with Crippen LogP contribution in [0.2, 0.25) is 0 Å². The summed E-state index contributed by atoms with van der Waals surface area (Å²) >= 11 is 4.79. The third kappa shape index (κ3) is 3.58. The molecule has 3 N–H and O–H groups in total. The lowest BCUT2D eigenvalue weighted by atomic mass is 10.0. The Balaban J connectivity index is 2.15. The van der Waals surface area contributed by atoms with Gasteiger partial charge in [0.05, 0.1) is 7.11 Å². The molecule has 0 saturated carbocycles. The zero-order valence-corrected chi connectivity index (χ0v) is 11.8. The number of fused-ring (bicyclic) bond motifs is 1. The molecule has 0 spiro atoms. The summed E-state index contributed by atoms with van der Waals surface area (Å²) in [7, 11) is 1.69. The van der Waals surface area contributed by atoms with Crippen molar-refractivity contribution in [3.63, 3.8) is 0 Å². The van der Waals surface area contributed by atoms with Crippen molar-refractivity contribution in [1.82, 2.24) is 5.32 Å². The van der Waals surface area contributed by atoms with Gasteiger partial charge in [0, 0.05) is 6.54 Å². The van der Waals surface area contributed by atoms with Gasteiger partial charge < -0.3 is 15.8 Å². The molecule has 2 rings (SSSR count). The fourth-order valence-corrected chi connectivity index (χ4v) is 2.25. The standard InChI is InChI=1S/C15H18N2OS/c1-18-13-8-7-12-5-2-4-11(14(12)10-13)6-3-9-17-15(16)19/h2,4-5,7-8,10H,3,6,9H2,1H3,(H3,16,17,19). The van der Waals surface area contributed by atoms with E-state index < -0.39 is 0 Å². The molecular weight excluding hydrogens is 256 g/mol. The number of methoxy groups -OCH3 is 1. The minimum atomic E-state index is 0.361. The first-order chi connectivity index (χ1) is 9.20. The van der Waals surface area contributed by atoms with Gasteiger partial charge in [-0.1, -0.05) is 24.3 Å². The zero-order chi connectivity index (χ0) is 13.7. The minimum Gasteiger partial charge on any atom is -0.497 e. The number of hydrogen-bond donors (Lipinski definition) is 2. The Bertz CT molecular complexity index is 583. The van der Waals surface area contributed by atoms with Crippen LogP contribution in [-0.2, 0) is 6.42 Å². The number of nitrogens with two attached hydrogens (primary N) is 1. The van der Waals surface area contributed by atoms with E-state index in [-0.39, 0.29) is 0 Å². The number of aryl methyl sites for hydroxylation is 1. The van der Waals surface area contributed by atoms with Crippen LogP contribution in [0.25, 0.3) is 10.8 Å². The Morgan fingerprint density at radius 2 is 2.16 bits per heavy atom. The van der Waals surface area contributed by atoms with Gasteiger partial charge in [0.1, 0.15) is 5.75 Å². The summed E-state index contributed by atoms with van der Waals surface area (Å²) < 4.78 is 5.29. The molecule has 0 atom stereocenters. The molecule has 3 nitrogen and oxygen atoms in total. The second kappa shape index (κ2) is 6.38. The third-order valence-corrected chi connectivity index (χ3v) is 3.25. The number of nitrogens with one attached hydrogen (secondary N) is 1. The summed E-state index contributed by atoms with van der Waals surface area (Å²) in [6.07, 6.45) is 1.98. The molecule has 0 heterocycles. The molecule has 19 heavy (non-hydrogen) atoms. The van der Waals surface area contributed by atoms with Gasteiger partial charge in [0.2, 0.25) is 0 Å². The van der Waals surface area contributed by atoms with Gasteiger partial charge in [-0.25, -0.2) is 0 Å². The third-order valence-electron chi connectivity index (χ3n) is 3.10. The van der Waals surface area contributed by atoms with Gasteiger partial charge in [-0.3, -0.25) is 0 Å². The normalized spacial score (nSPS) is 10.4. The topological polar surface area (TPSA) is 47.3 Å². The van der Waals surface area contributed by atoms with Crippen LogP contribution in [0.15, 0.2) is 36.4 Å². The Morgan fingerprint density at radius 3 is 2.89 bits per heavy atom. The molecule has 0 unspecified atom stereocenters. The van der Waals surface area contributed by atoms with Crippen LogP contribution in [0, 0.1) is 0 Å². The van der Waals surface area contributed by atoms with E-state index in [9.17, 15) is 0 Å². The van der Waals surface area contributed by atoms with Crippen LogP contribution in [0.1, 0.15) is 12.0 Å². The summed E-state index contributed by atoms with van der Waals surface area (Å²) in [4.78, 5) is 0. The number of thiocarbonyl (C=S) groups is 1. The van der Waals surface area contributed by atoms with E-state index in [1.165, 1.54) is 16.3 Å². The van der Waals surface area contributed by atoms with Gasteiger partial charge in [-0.05, 0) is 53.5 Å². The van der Waals surface area contributed by atoms with E-state index in [4.69, 9.17) is 22.7 Å². The predicted octanol–water partition coefficient (Wildman–Crippen LogP) is 2.61. The summed E-state index contributed by atoms with van der Waals surface area (Å²) in [5, 5.41) is 5.82. The fraction of sp³-hybridized carbons (Fsp3) is 0.267. The summed E-state index contributed by atoms with van der Waals surface area (Å²) in [6, 6.07) is 12.5. The van der Waals surface area contributed by atoms with Gasteiger partial charge in [-0.15, -0.1) is 0 Å². The highest BCUT2D eigenvalue weighted by atomic mass is 32.1. The molecule has 0 aliphatic rings. The van der Waals surface area contributed by atoms with Gasteiger partial charge in [0.25, 0.3) is 0 Å². The molecule has 0 saturated heterocycles. The lowest BCUT2D eigenvalue weighted by Crippen LogP contribution is -2.29. The van der Waals surface area contributed by atoms with Crippen LogP contribution in [0.5, 0.6) is 5.75 Å². The first kappa shape index (κ1) is 13.6. The van der Waals surface area contributed by atoms with Crippen LogP contribution in [-0.4, -0.2) is 18.8 Å². The van der Waals surface area contributed by atoms with Crippen molar-refractivity contribution in [1.29, 1.82) is 0 Å². The molecule has 2 aromatic rings. The fourth-order valence-electron chi connectivity index (χ4n) is 2.15. The molecule has 0 fully saturated rings. The highest BCUT2D eigenvalue weighted by Crippen LogP contribution is 2.24. The Labute approximate surface area is 118 Å². The second-order valence-electron chi connectivity index (χ2n) is 4.40. The van der Waals surface area contributed by atoms with Gasteiger partial charge in [0.15, 0.2) is 5.11 Å². The van der Waals surface area contributed by atoms with Crippen LogP contribution < -0.4 is 15.8 Å². The van der Waals surface area contributed by atoms with Crippen molar-refractivity contribution in [3.8, 4) is 5.75 Å². The van der Waals surface area contributed by atoms with Crippen molar-refractivity contribution in [2.75, 3.05) is 13.7 Å². The van der Waals surface area contributed by atoms with Gasteiger partial charge in [-0.2, -0.15) is 0 Å². The van der Waals surface area contributed by atoms with Crippen molar-refractivity contribution < 1.29 is 4.74 Å². The van der Waals surface area contributed by atoms with Crippen molar-refractivity contribution in [2.45, 2.75) is 12.8 Å². The monoisotopic (exact) mass is 274 g/mol. The second-order valence-corrected chi connectivity index (χ2v) is 4.84. The van der Waals surface area contributed by atoms with E-state index in [0.29, 0.717) is 5.11 Å². The summed E-state index contributed by atoms with van der Waals surface area (Å²) in [5.74, 6) is 0.890. The van der Waals surface area contributed by atoms with E-state index in [2.05, 4.69) is 35.6 Å². The molecule has 0 aliphatic carbocycles. The number of hydrogen-bond acceptors (Lipinski definition) is 2. The van der Waals surface area contributed by atoms with E-state index in [1.807, 2.05) is 6.07 Å². The first-order valence-corrected chi connectivity index (χ1v) is 6.70. The van der Waals surface area contributed by atoms with Crippen LogP contribution in [0.3, 0.4) is 0 Å². The van der Waals surface area contributed by atoms with Crippen molar-refractivity contribution in [2.24, 2.45) is 5.73 Å². The van der Waals surface area contributed by atoms with Crippen molar-refractivity contribution in [3.05, 3.63) is 42.0 Å². The zero-order valence-electron chi connectivity index (χ0n) is 11.0. The molecule has 0 bridgehead atoms. The molecule has 0 aliphatic heterocycles. The van der Waals surface area contributed by atoms with Crippen molar-refractivity contribution >= 4 is 28.1 Å². The Morgan fingerprint density at radius 1 is 1.32 bits per heavy atom. The highest BCUT2D eigenvalue weighted by Gasteiger charge is 2.02. The number of benzene rings is 2. The minimum absolute atomic E-state index is 0.361. The summed E-state index contributed by atoms with van der Waals surface area (Å²) in [5.41, 5.74) is 6.72. The molecule has 0 radical (unpaired) electrons. The molecule has 0 aromatic heterocycles. The summed E-state index contributed by atoms with van der Waals surface area (Å²) in [6.45, 7) is 0.801. The lowest BCUT2D eigenvalue weighted by molar-refractivity contribution is 0.415.